The summed E-state index contributed by atoms with van der Waals surface area (Å²) in [6, 6.07) is 5.38. The van der Waals surface area contributed by atoms with E-state index in [-0.39, 0.29) is 5.82 Å². The Balaban J connectivity index is 2.93. The van der Waals surface area contributed by atoms with Gasteiger partial charge < -0.3 is 0 Å². The fourth-order valence-electron chi connectivity index (χ4n) is 1.89. The Morgan fingerprint density at radius 1 is 1.38 bits per heavy atom. The van der Waals surface area contributed by atoms with Crippen molar-refractivity contribution in [1.82, 2.24) is 0 Å². The Morgan fingerprint density at radius 3 is 2.62 bits per heavy atom. The van der Waals surface area contributed by atoms with Crippen LogP contribution in [0.3, 0.4) is 0 Å². The maximum atomic E-state index is 13.7. The third kappa shape index (κ3) is 1.50. The Kier molecular flexibility index (Phi) is 2.69. The highest BCUT2D eigenvalue weighted by Crippen LogP contribution is 2.37. The molecule has 1 aromatic carbocycles. The lowest BCUT2D eigenvalue weighted by Crippen LogP contribution is -1.89. The van der Waals surface area contributed by atoms with E-state index in [1.54, 1.807) is 0 Å². The van der Waals surface area contributed by atoms with Crippen LogP contribution in [0.5, 0.6) is 0 Å². The van der Waals surface area contributed by atoms with E-state index in [0.717, 1.165) is 15.1 Å². The zero-order chi connectivity index (χ0) is 11.9. The smallest absolute Gasteiger partial charge is 0.133 e. The molecule has 0 saturated heterocycles. The molecule has 2 rings (SSSR count). The highest BCUT2D eigenvalue weighted by molar-refractivity contribution is 7.19. The lowest BCUT2D eigenvalue weighted by Gasteiger charge is -2.06. The van der Waals surface area contributed by atoms with Crippen molar-refractivity contribution in [3.8, 4) is 6.07 Å². The minimum Gasteiger partial charge on any atom is -0.206 e. The summed E-state index contributed by atoms with van der Waals surface area (Å²) in [6.45, 7) is 6.02. The van der Waals surface area contributed by atoms with Gasteiger partial charge in [-0.2, -0.15) is 5.26 Å². The maximum absolute atomic E-state index is 13.7. The molecular formula is C13H12FNS. The number of aryl methyl sites for hydroxylation is 1. The van der Waals surface area contributed by atoms with Crippen LogP contribution in [0.2, 0.25) is 0 Å². The summed E-state index contributed by atoms with van der Waals surface area (Å²) in [6.07, 6.45) is 0. The Morgan fingerprint density at radius 2 is 2.06 bits per heavy atom. The fourth-order valence-corrected chi connectivity index (χ4v) is 3.17. The molecule has 0 N–H and O–H groups in total. The zero-order valence-electron chi connectivity index (χ0n) is 9.47. The monoisotopic (exact) mass is 233 g/mol. The predicted octanol–water partition coefficient (Wildman–Crippen LogP) is 4.34. The molecule has 0 spiro atoms. The van der Waals surface area contributed by atoms with E-state index in [2.05, 4.69) is 19.9 Å². The van der Waals surface area contributed by atoms with Crippen LogP contribution in [0.25, 0.3) is 10.1 Å². The SMILES string of the molecule is Cc1sc2c(C(C)C)ccc(F)c2c1C#N. The summed E-state index contributed by atoms with van der Waals surface area (Å²) in [4.78, 5) is 0.893. The van der Waals surface area contributed by atoms with E-state index in [1.165, 1.54) is 17.4 Å². The van der Waals surface area contributed by atoms with E-state index >= 15 is 0 Å². The third-order valence-electron chi connectivity index (χ3n) is 2.73. The summed E-state index contributed by atoms with van der Waals surface area (Å²) >= 11 is 1.51. The van der Waals surface area contributed by atoms with Crippen molar-refractivity contribution in [2.75, 3.05) is 0 Å². The molecule has 1 heterocycles. The highest BCUT2D eigenvalue weighted by Gasteiger charge is 2.17. The number of benzene rings is 1. The number of nitrogens with zero attached hydrogens (tertiary/aromatic N) is 1. The molecule has 2 aromatic rings. The number of thiophene rings is 1. The molecule has 0 amide bonds. The molecule has 0 aliphatic rings. The molecule has 3 heteroatoms. The molecule has 0 atom stereocenters. The summed E-state index contributed by atoms with van der Waals surface area (Å²) in [5.41, 5.74) is 1.60. The zero-order valence-corrected chi connectivity index (χ0v) is 10.3. The lowest BCUT2D eigenvalue weighted by molar-refractivity contribution is 0.639. The van der Waals surface area contributed by atoms with Gasteiger partial charge in [0.15, 0.2) is 0 Å². The fraction of sp³-hybridized carbons (Fsp3) is 0.308. The van der Waals surface area contributed by atoms with Crippen molar-refractivity contribution >= 4 is 21.4 Å². The van der Waals surface area contributed by atoms with Crippen LogP contribution in [0.4, 0.5) is 4.39 Å². The van der Waals surface area contributed by atoms with Crippen LogP contribution < -0.4 is 0 Å². The minimum absolute atomic E-state index is 0.291. The third-order valence-corrected chi connectivity index (χ3v) is 3.88. The minimum atomic E-state index is -0.291. The number of fused-ring (bicyclic) bond motifs is 1. The van der Waals surface area contributed by atoms with Gasteiger partial charge in [-0.15, -0.1) is 11.3 Å². The van der Waals surface area contributed by atoms with Crippen molar-refractivity contribution < 1.29 is 4.39 Å². The summed E-state index contributed by atoms with van der Waals surface area (Å²) in [5.74, 6) is 0.0491. The Bertz CT molecular complexity index is 590. The Hall–Kier alpha value is -1.40. The first-order valence-corrected chi connectivity index (χ1v) is 5.99. The normalized spacial score (nSPS) is 11.0. The lowest BCUT2D eigenvalue weighted by atomic mass is 10.00. The van der Waals surface area contributed by atoms with E-state index in [4.69, 9.17) is 5.26 Å². The molecule has 0 radical (unpaired) electrons. The molecule has 16 heavy (non-hydrogen) atoms. The van der Waals surface area contributed by atoms with Crippen molar-refractivity contribution in [1.29, 1.82) is 5.26 Å². The molecule has 0 fully saturated rings. The van der Waals surface area contributed by atoms with Crippen molar-refractivity contribution in [3.63, 3.8) is 0 Å². The molecular weight excluding hydrogens is 221 g/mol. The largest absolute Gasteiger partial charge is 0.206 e. The number of hydrogen-bond donors (Lipinski definition) is 0. The number of nitriles is 1. The van der Waals surface area contributed by atoms with Crippen molar-refractivity contribution in [2.45, 2.75) is 26.7 Å². The molecule has 0 aliphatic carbocycles. The van der Waals surface area contributed by atoms with Gasteiger partial charge in [0, 0.05) is 15.0 Å². The van der Waals surface area contributed by atoms with Crippen molar-refractivity contribution in [2.24, 2.45) is 0 Å². The second-order valence-corrected chi connectivity index (χ2v) is 5.37. The highest BCUT2D eigenvalue weighted by atomic mass is 32.1. The van der Waals surface area contributed by atoms with Gasteiger partial charge in [0.1, 0.15) is 11.9 Å². The van der Waals surface area contributed by atoms with Gasteiger partial charge in [-0.3, -0.25) is 0 Å². The standard InChI is InChI=1S/C13H12FNS/c1-7(2)9-4-5-11(14)12-10(6-15)8(3)16-13(9)12/h4-5,7H,1-3H3. The summed E-state index contributed by atoms with van der Waals surface area (Å²) < 4.78 is 14.7. The molecule has 0 aliphatic heterocycles. The Labute approximate surface area is 98.1 Å². The topological polar surface area (TPSA) is 23.8 Å². The molecule has 82 valence electrons. The number of halogens is 1. The van der Waals surface area contributed by atoms with Crippen LogP contribution in [0, 0.1) is 24.1 Å². The van der Waals surface area contributed by atoms with Gasteiger partial charge in [-0.05, 0) is 24.5 Å². The maximum Gasteiger partial charge on any atom is 0.133 e. The van der Waals surface area contributed by atoms with E-state index in [0.29, 0.717) is 16.9 Å². The second kappa shape index (κ2) is 3.88. The van der Waals surface area contributed by atoms with Crippen LogP contribution >= 0.6 is 11.3 Å². The van der Waals surface area contributed by atoms with Crippen LogP contribution in [0.15, 0.2) is 12.1 Å². The number of rotatable bonds is 1. The quantitative estimate of drug-likeness (QED) is 0.718. The van der Waals surface area contributed by atoms with Crippen LogP contribution in [-0.4, -0.2) is 0 Å². The molecule has 0 saturated carbocycles. The van der Waals surface area contributed by atoms with Crippen LogP contribution in [-0.2, 0) is 0 Å². The summed E-state index contributed by atoms with van der Waals surface area (Å²) in [5, 5.41) is 9.55. The molecule has 1 aromatic heterocycles. The van der Waals surface area contributed by atoms with Gasteiger partial charge in [0.05, 0.1) is 5.56 Å². The predicted molar refractivity (Wildman–Crippen MR) is 65.3 cm³/mol. The van der Waals surface area contributed by atoms with Crippen LogP contribution in [0.1, 0.15) is 35.8 Å². The first kappa shape index (κ1) is 11.1. The van der Waals surface area contributed by atoms with Gasteiger partial charge in [0.2, 0.25) is 0 Å². The molecule has 0 unspecified atom stereocenters. The van der Waals surface area contributed by atoms with E-state index in [9.17, 15) is 4.39 Å². The van der Waals surface area contributed by atoms with Gasteiger partial charge in [-0.1, -0.05) is 19.9 Å². The van der Waals surface area contributed by atoms with Gasteiger partial charge >= 0.3 is 0 Å². The second-order valence-electron chi connectivity index (χ2n) is 4.14. The van der Waals surface area contributed by atoms with Crippen molar-refractivity contribution in [3.05, 3.63) is 34.0 Å². The van der Waals surface area contributed by atoms with Gasteiger partial charge in [0.25, 0.3) is 0 Å². The van der Waals surface area contributed by atoms with E-state index in [1.807, 2.05) is 13.0 Å². The van der Waals surface area contributed by atoms with E-state index < -0.39 is 0 Å². The number of hydrogen-bond acceptors (Lipinski definition) is 2. The molecule has 1 nitrogen and oxygen atoms in total. The first-order chi connectivity index (χ1) is 7.56. The summed E-state index contributed by atoms with van der Waals surface area (Å²) in [7, 11) is 0. The molecule has 0 bridgehead atoms. The average Bonchev–Trinajstić information content (AvgIpc) is 2.55. The van der Waals surface area contributed by atoms with Gasteiger partial charge in [-0.25, -0.2) is 4.39 Å². The average molecular weight is 233 g/mol. The first-order valence-electron chi connectivity index (χ1n) is 5.17.